The molecule has 4 aromatic heterocycles. The second-order valence-electron chi connectivity index (χ2n) is 7.38. The molecule has 0 N–H and O–H groups in total. The Balaban J connectivity index is 1.72. The van der Waals surface area contributed by atoms with Gasteiger partial charge >= 0.3 is 0 Å². The highest BCUT2D eigenvalue weighted by Crippen LogP contribution is 2.40. The van der Waals surface area contributed by atoms with Gasteiger partial charge in [0.25, 0.3) is 0 Å². The molecule has 4 heterocycles. The molecule has 0 aliphatic heterocycles. The molecular weight excluding hydrogens is 344 g/mol. The van der Waals surface area contributed by atoms with Gasteiger partial charge in [-0.05, 0) is 59.0 Å². The largest absolute Gasteiger partial charge is 0.274 e. The summed E-state index contributed by atoms with van der Waals surface area (Å²) >= 11 is 0. The molecule has 0 spiro atoms. The van der Waals surface area contributed by atoms with Crippen LogP contribution in [0, 0.1) is 0 Å². The molecule has 0 saturated carbocycles. The summed E-state index contributed by atoms with van der Waals surface area (Å²) in [5.74, 6) is 0. The fourth-order valence-electron chi connectivity index (χ4n) is 4.67. The minimum atomic E-state index is 0.869. The number of rotatable bonds is 0. The van der Waals surface area contributed by atoms with Crippen LogP contribution in [0.4, 0.5) is 0 Å². The summed E-state index contributed by atoms with van der Waals surface area (Å²) in [6.45, 7) is 0. The van der Waals surface area contributed by atoms with Gasteiger partial charge in [-0.2, -0.15) is 0 Å². The molecule has 0 bridgehead atoms. The van der Waals surface area contributed by atoms with Crippen molar-refractivity contribution in [3.63, 3.8) is 0 Å². The number of hydrogen-bond donors (Lipinski definition) is 0. The Bertz CT molecular complexity index is 1590. The van der Waals surface area contributed by atoms with Crippen LogP contribution < -0.4 is 0 Å². The number of aromatic nitrogens is 4. The Morgan fingerprint density at radius 1 is 0.714 bits per heavy atom. The van der Waals surface area contributed by atoms with Crippen LogP contribution >= 0.6 is 0 Å². The summed E-state index contributed by atoms with van der Waals surface area (Å²) in [6, 6.07) is 21.3. The molecule has 4 nitrogen and oxygen atoms in total. The number of imidazole rings is 1. The van der Waals surface area contributed by atoms with Crippen LogP contribution in [-0.2, 0) is 6.42 Å². The average Bonchev–Trinajstić information content (AvgIpc) is 3.30. The van der Waals surface area contributed by atoms with Gasteiger partial charge < -0.3 is 0 Å². The van der Waals surface area contributed by atoms with Crippen molar-refractivity contribution < 1.29 is 0 Å². The fraction of sp³-hybridized carbons (Fsp3) is 0.0417. The van der Waals surface area contributed by atoms with Gasteiger partial charge in [-0.15, -0.1) is 0 Å². The lowest BCUT2D eigenvalue weighted by Gasteiger charge is -2.07. The molecule has 130 valence electrons. The van der Waals surface area contributed by atoms with Gasteiger partial charge in [0.1, 0.15) is 11.2 Å². The Morgan fingerprint density at radius 2 is 1.57 bits per heavy atom. The molecule has 0 atom stereocenters. The highest BCUT2D eigenvalue weighted by Gasteiger charge is 2.22. The summed E-state index contributed by atoms with van der Waals surface area (Å²) in [6.07, 6.45) is 4.64. The van der Waals surface area contributed by atoms with Gasteiger partial charge in [0.2, 0.25) is 0 Å². The van der Waals surface area contributed by atoms with E-state index in [1.807, 2.05) is 24.5 Å². The van der Waals surface area contributed by atoms with Crippen LogP contribution in [0.2, 0.25) is 0 Å². The smallest absolute Gasteiger partial charge is 0.166 e. The molecule has 4 heteroatoms. The van der Waals surface area contributed by atoms with Crippen molar-refractivity contribution in [2.45, 2.75) is 6.42 Å². The normalized spacial score (nSPS) is 12.9. The van der Waals surface area contributed by atoms with E-state index in [0.717, 1.165) is 45.0 Å². The number of benzene rings is 2. The quantitative estimate of drug-likeness (QED) is 0.352. The molecular formula is C24H14N4. The van der Waals surface area contributed by atoms with Crippen molar-refractivity contribution in [1.82, 2.24) is 19.4 Å². The molecule has 2 aromatic carbocycles. The lowest BCUT2D eigenvalue weighted by Crippen LogP contribution is -1.95. The van der Waals surface area contributed by atoms with Crippen LogP contribution in [0.1, 0.15) is 11.1 Å². The van der Waals surface area contributed by atoms with E-state index < -0.39 is 0 Å². The monoisotopic (exact) mass is 358 g/mol. The van der Waals surface area contributed by atoms with Crippen LogP contribution in [0.3, 0.4) is 0 Å². The average molecular weight is 358 g/mol. The summed E-state index contributed by atoms with van der Waals surface area (Å²) in [7, 11) is 0. The lowest BCUT2D eigenvalue weighted by molar-refractivity contribution is 1.22. The Labute approximate surface area is 160 Å². The zero-order valence-electron chi connectivity index (χ0n) is 14.9. The first kappa shape index (κ1) is 14.3. The molecule has 0 unspecified atom stereocenters. The summed E-state index contributed by atoms with van der Waals surface area (Å²) < 4.78 is 2.17. The number of nitrogens with zero attached hydrogens (tertiary/aromatic N) is 4. The first-order chi connectivity index (χ1) is 13.9. The van der Waals surface area contributed by atoms with Crippen LogP contribution in [-0.4, -0.2) is 19.4 Å². The van der Waals surface area contributed by atoms with E-state index in [-0.39, 0.29) is 0 Å². The maximum absolute atomic E-state index is 4.99. The third-order valence-corrected chi connectivity index (χ3v) is 5.88. The van der Waals surface area contributed by atoms with Gasteiger partial charge in [0.15, 0.2) is 5.65 Å². The van der Waals surface area contributed by atoms with E-state index >= 15 is 0 Å². The Morgan fingerprint density at radius 3 is 2.54 bits per heavy atom. The predicted octanol–water partition coefficient (Wildman–Crippen LogP) is 5.16. The van der Waals surface area contributed by atoms with Crippen molar-refractivity contribution in [3.8, 4) is 11.1 Å². The third-order valence-electron chi connectivity index (χ3n) is 5.88. The molecule has 6 aromatic rings. The first-order valence-corrected chi connectivity index (χ1v) is 9.43. The maximum atomic E-state index is 4.99. The van der Waals surface area contributed by atoms with Gasteiger partial charge in [-0.3, -0.25) is 9.38 Å². The zero-order valence-corrected chi connectivity index (χ0v) is 14.9. The minimum absolute atomic E-state index is 0.869. The third kappa shape index (κ3) is 1.68. The molecule has 28 heavy (non-hydrogen) atoms. The minimum Gasteiger partial charge on any atom is -0.274 e. The second-order valence-corrected chi connectivity index (χ2v) is 7.38. The molecule has 1 aliphatic rings. The highest BCUT2D eigenvalue weighted by molar-refractivity contribution is 6.11. The Hall–Kier alpha value is -3.79. The molecule has 0 saturated heterocycles. The van der Waals surface area contributed by atoms with Crippen molar-refractivity contribution in [3.05, 3.63) is 84.2 Å². The van der Waals surface area contributed by atoms with Crippen LogP contribution in [0.15, 0.2) is 73.1 Å². The second kappa shape index (κ2) is 4.93. The maximum Gasteiger partial charge on any atom is 0.166 e. The summed E-state index contributed by atoms with van der Waals surface area (Å²) in [4.78, 5) is 14.4. The number of hydrogen-bond acceptors (Lipinski definition) is 3. The fourth-order valence-corrected chi connectivity index (χ4v) is 4.67. The van der Waals surface area contributed by atoms with Crippen molar-refractivity contribution in [2.24, 2.45) is 0 Å². The Kier molecular flexibility index (Phi) is 2.51. The predicted molar refractivity (Wildman–Crippen MR) is 112 cm³/mol. The van der Waals surface area contributed by atoms with Gasteiger partial charge in [-0.25, -0.2) is 9.97 Å². The van der Waals surface area contributed by atoms with E-state index in [1.165, 1.54) is 22.3 Å². The van der Waals surface area contributed by atoms with Gasteiger partial charge in [-0.1, -0.05) is 30.3 Å². The number of pyridine rings is 3. The van der Waals surface area contributed by atoms with Crippen LogP contribution in [0.5, 0.6) is 0 Å². The van der Waals surface area contributed by atoms with Crippen molar-refractivity contribution >= 4 is 38.6 Å². The van der Waals surface area contributed by atoms with Gasteiger partial charge in [0, 0.05) is 23.2 Å². The van der Waals surface area contributed by atoms with E-state index in [1.54, 1.807) is 0 Å². The van der Waals surface area contributed by atoms with E-state index in [2.05, 4.69) is 57.9 Å². The summed E-state index contributed by atoms with van der Waals surface area (Å²) in [5, 5.41) is 2.18. The molecule has 0 amide bonds. The van der Waals surface area contributed by atoms with E-state index in [4.69, 9.17) is 9.97 Å². The summed E-state index contributed by atoms with van der Waals surface area (Å²) in [5.41, 5.74) is 10.1. The SMILES string of the molecule is c1ccc2c(c1)Cc1cc3nc4c5ncccc5c5cccnc5n4c3cc1-2. The topological polar surface area (TPSA) is 43.1 Å². The van der Waals surface area contributed by atoms with Gasteiger partial charge in [0.05, 0.1) is 11.0 Å². The molecule has 7 rings (SSSR count). The molecule has 0 fully saturated rings. The first-order valence-electron chi connectivity index (χ1n) is 9.43. The highest BCUT2D eigenvalue weighted by atomic mass is 15.1. The van der Waals surface area contributed by atoms with Crippen molar-refractivity contribution in [1.29, 1.82) is 0 Å². The zero-order chi connectivity index (χ0) is 18.2. The standard InChI is InChI=1S/C24H14N4/c1-2-6-16-14(5-1)11-15-12-20-21(13-19(15)16)28-23-18(8-4-10-26-23)17-7-3-9-25-22(17)24(28)27-20/h1-10,12-13H,11H2. The molecule has 0 radical (unpaired) electrons. The van der Waals surface area contributed by atoms with Crippen LogP contribution in [0.25, 0.3) is 49.7 Å². The van der Waals surface area contributed by atoms with E-state index in [9.17, 15) is 0 Å². The lowest BCUT2D eigenvalue weighted by atomic mass is 10.1. The molecule has 1 aliphatic carbocycles. The van der Waals surface area contributed by atoms with E-state index in [0.29, 0.717) is 0 Å². The number of fused-ring (bicyclic) bond motifs is 11. The van der Waals surface area contributed by atoms with Crippen molar-refractivity contribution in [2.75, 3.05) is 0 Å².